The first-order chi connectivity index (χ1) is 16.9. The molecule has 0 radical (unpaired) electrons. The van der Waals surface area contributed by atoms with Gasteiger partial charge >= 0.3 is 0 Å². The quantitative estimate of drug-likeness (QED) is 0.399. The summed E-state index contributed by atoms with van der Waals surface area (Å²) in [7, 11) is 0. The average molecular weight is 502 g/mol. The van der Waals surface area contributed by atoms with Crippen molar-refractivity contribution in [2.75, 3.05) is 5.32 Å². The SMILES string of the molecule is Cc1c(C(=O)NCc2cnc(-c3ccc(C#N)cc3F)s2)ccc2c1NC(=O)c1ccncc1S2. The Bertz CT molecular complexity index is 1540. The van der Waals surface area contributed by atoms with Gasteiger partial charge in [0.2, 0.25) is 0 Å². The molecule has 0 unspecified atom stereocenters. The molecule has 2 N–H and O–H groups in total. The summed E-state index contributed by atoms with van der Waals surface area (Å²) in [5.41, 5.74) is 2.77. The van der Waals surface area contributed by atoms with Gasteiger partial charge < -0.3 is 10.6 Å². The first kappa shape index (κ1) is 22.7. The number of pyridine rings is 1. The number of aromatic nitrogens is 2. The summed E-state index contributed by atoms with van der Waals surface area (Å²) in [6, 6.07) is 11.3. The largest absolute Gasteiger partial charge is 0.347 e. The fourth-order valence-corrected chi connectivity index (χ4v) is 5.60. The smallest absolute Gasteiger partial charge is 0.256 e. The van der Waals surface area contributed by atoms with Gasteiger partial charge in [-0.3, -0.25) is 14.6 Å². The lowest BCUT2D eigenvalue weighted by atomic mass is 10.1. The molecule has 2 aromatic heterocycles. The molecule has 0 atom stereocenters. The number of nitrogens with one attached hydrogen (secondary N) is 2. The Hall–Kier alpha value is -4.07. The third kappa shape index (κ3) is 4.39. The van der Waals surface area contributed by atoms with Crippen molar-refractivity contribution >= 4 is 40.6 Å². The topological polar surface area (TPSA) is 108 Å². The van der Waals surface area contributed by atoms with Crippen molar-refractivity contribution in [3.63, 3.8) is 0 Å². The fraction of sp³-hybridized carbons (Fsp3) is 0.0800. The summed E-state index contributed by atoms with van der Waals surface area (Å²) in [6.45, 7) is 2.00. The molecule has 2 amide bonds. The highest BCUT2D eigenvalue weighted by atomic mass is 32.2. The molecule has 7 nitrogen and oxygen atoms in total. The molecule has 0 spiro atoms. The number of anilines is 1. The van der Waals surface area contributed by atoms with Crippen LogP contribution in [0.25, 0.3) is 10.6 Å². The van der Waals surface area contributed by atoms with Crippen LogP contribution in [0.2, 0.25) is 0 Å². The number of nitrogens with zero attached hydrogens (tertiary/aromatic N) is 3. The minimum absolute atomic E-state index is 0.211. The van der Waals surface area contributed by atoms with Crippen LogP contribution < -0.4 is 10.6 Å². The van der Waals surface area contributed by atoms with Gasteiger partial charge in [-0.2, -0.15) is 5.26 Å². The maximum absolute atomic E-state index is 14.3. The van der Waals surface area contributed by atoms with Crippen molar-refractivity contribution in [3.05, 3.63) is 87.9 Å². The molecule has 0 aliphatic carbocycles. The van der Waals surface area contributed by atoms with E-state index in [9.17, 15) is 14.0 Å². The molecule has 0 saturated carbocycles. The molecule has 1 aliphatic rings. The highest BCUT2D eigenvalue weighted by molar-refractivity contribution is 7.99. The number of nitriles is 1. The molecule has 2 aromatic carbocycles. The van der Waals surface area contributed by atoms with E-state index in [1.165, 1.54) is 41.3 Å². The summed E-state index contributed by atoms with van der Waals surface area (Å²) in [6.07, 6.45) is 4.81. The number of rotatable bonds is 4. The van der Waals surface area contributed by atoms with E-state index in [1.54, 1.807) is 37.6 Å². The van der Waals surface area contributed by atoms with Crippen LogP contribution in [0.1, 0.15) is 36.7 Å². The third-order valence-corrected chi connectivity index (χ3v) is 7.60. The van der Waals surface area contributed by atoms with Gasteiger partial charge in [0.15, 0.2) is 0 Å². The molecule has 10 heteroatoms. The number of carbonyl (C=O) groups excluding carboxylic acids is 2. The second-order valence-corrected chi connectivity index (χ2v) is 9.86. The first-order valence-electron chi connectivity index (χ1n) is 10.4. The second-order valence-electron chi connectivity index (χ2n) is 7.66. The molecular formula is C25H16FN5O2S2. The van der Waals surface area contributed by atoms with Gasteiger partial charge in [-0.25, -0.2) is 9.37 Å². The van der Waals surface area contributed by atoms with E-state index in [2.05, 4.69) is 20.6 Å². The van der Waals surface area contributed by atoms with Crippen LogP contribution in [0.3, 0.4) is 0 Å². The van der Waals surface area contributed by atoms with Gasteiger partial charge in [-0.1, -0.05) is 11.8 Å². The Morgan fingerprint density at radius 2 is 2.03 bits per heavy atom. The zero-order chi connectivity index (χ0) is 24.5. The van der Waals surface area contributed by atoms with Crippen molar-refractivity contribution in [1.29, 1.82) is 5.26 Å². The van der Waals surface area contributed by atoms with E-state index in [0.717, 1.165) is 14.7 Å². The molecular weight excluding hydrogens is 485 g/mol. The Morgan fingerprint density at radius 1 is 1.17 bits per heavy atom. The number of carbonyl (C=O) groups is 2. The van der Waals surface area contributed by atoms with E-state index >= 15 is 0 Å². The molecule has 0 fully saturated rings. The predicted octanol–water partition coefficient (Wildman–Crippen LogP) is 5.17. The molecule has 0 bridgehead atoms. The first-order valence-corrected chi connectivity index (χ1v) is 12.1. The lowest BCUT2D eigenvalue weighted by molar-refractivity contribution is 0.0949. The lowest BCUT2D eigenvalue weighted by Gasteiger charge is -2.14. The number of fused-ring (bicyclic) bond motifs is 2. The van der Waals surface area contributed by atoms with Gasteiger partial charge in [0.1, 0.15) is 10.8 Å². The Labute approximate surface area is 208 Å². The number of hydrogen-bond acceptors (Lipinski definition) is 7. The van der Waals surface area contributed by atoms with Crippen molar-refractivity contribution < 1.29 is 14.0 Å². The minimum atomic E-state index is -0.521. The third-order valence-electron chi connectivity index (χ3n) is 5.46. The molecule has 4 aromatic rings. The highest BCUT2D eigenvalue weighted by Gasteiger charge is 2.24. The maximum Gasteiger partial charge on any atom is 0.256 e. The molecule has 35 heavy (non-hydrogen) atoms. The van der Waals surface area contributed by atoms with Crippen molar-refractivity contribution in [2.24, 2.45) is 0 Å². The van der Waals surface area contributed by atoms with Crippen LogP contribution in [0.15, 0.2) is 64.8 Å². The van der Waals surface area contributed by atoms with E-state index in [-0.39, 0.29) is 23.9 Å². The van der Waals surface area contributed by atoms with Crippen molar-refractivity contribution in [2.45, 2.75) is 23.3 Å². The zero-order valence-corrected chi connectivity index (χ0v) is 19.9. The number of thiazole rings is 1. The van der Waals surface area contributed by atoms with Gasteiger partial charge in [0, 0.05) is 44.4 Å². The minimum Gasteiger partial charge on any atom is -0.347 e. The van der Waals surface area contributed by atoms with Gasteiger partial charge in [0.25, 0.3) is 11.8 Å². The van der Waals surface area contributed by atoms with Crippen LogP contribution in [0, 0.1) is 24.1 Å². The van der Waals surface area contributed by atoms with Crippen LogP contribution in [-0.2, 0) is 6.54 Å². The monoisotopic (exact) mass is 501 g/mol. The van der Waals surface area contributed by atoms with Gasteiger partial charge in [-0.05, 0) is 48.9 Å². The lowest BCUT2D eigenvalue weighted by Crippen LogP contribution is -2.24. The average Bonchev–Trinajstić information content (AvgIpc) is 3.27. The van der Waals surface area contributed by atoms with Crippen LogP contribution >= 0.6 is 23.1 Å². The normalized spacial score (nSPS) is 12.1. The van der Waals surface area contributed by atoms with Crippen LogP contribution in [0.5, 0.6) is 0 Å². The van der Waals surface area contributed by atoms with E-state index in [1.807, 2.05) is 12.1 Å². The molecule has 172 valence electrons. The number of amides is 2. The van der Waals surface area contributed by atoms with Gasteiger partial charge in [0.05, 0.1) is 29.4 Å². The van der Waals surface area contributed by atoms with E-state index in [0.29, 0.717) is 32.9 Å². The Morgan fingerprint density at radius 3 is 2.83 bits per heavy atom. The van der Waals surface area contributed by atoms with Gasteiger partial charge in [-0.15, -0.1) is 11.3 Å². The molecule has 3 heterocycles. The summed E-state index contributed by atoms with van der Waals surface area (Å²) in [4.78, 5) is 36.3. The maximum atomic E-state index is 14.3. The molecule has 1 aliphatic heterocycles. The van der Waals surface area contributed by atoms with E-state index < -0.39 is 5.82 Å². The highest BCUT2D eigenvalue weighted by Crippen LogP contribution is 2.40. The van der Waals surface area contributed by atoms with Crippen LogP contribution in [-0.4, -0.2) is 21.8 Å². The Kier molecular flexibility index (Phi) is 6.03. The van der Waals surface area contributed by atoms with E-state index in [4.69, 9.17) is 5.26 Å². The summed E-state index contributed by atoms with van der Waals surface area (Å²) in [5, 5.41) is 15.2. The second kappa shape index (κ2) is 9.29. The fourth-order valence-electron chi connectivity index (χ4n) is 3.66. The molecule has 0 saturated heterocycles. The summed E-state index contributed by atoms with van der Waals surface area (Å²) in [5.74, 6) is -1.07. The number of halogens is 1. The standard InChI is InChI=1S/C25H16FN5O2S2/c1-13-16(4-5-20-22(13)31-24(33)18-6-7-28-12-21(18)35-20)23(32)29-10-15-11-30-25(34-15)17-3-2-14(9-27)8-19(17)26/h2-8,11-12H,10H2,1H3,(H,29,32)(H,31,33). The predicted molar refractivity (Wildman–Crippen MR) is 131 cm³/mol. The van der Waals surface area contributed by atoms with Crippen LogP contribution in [0.4, 0.5) is 10.1 Å². The summed E-state index contributed by atoms with van der Waals surface area (Å²) < 4.78 is 14.3. The van der Waals surface area contributed by atoms with Crippen molar-refractivity contribution in [1.82, 2.24) is 15.3 Å². The van der Waals surface area contributed by atoms with Crippen molar-refractivity contribution in [3.8, 4) is 16.6 Å². The molecule has 5 rings (SSSR count). The number of hydrogen-bond donors (Lipinski definition) is 2. The Balaban J connectivity index is 1.33. The number of benzene rings is 2. The summed E-state index contributed by atoms with van der Waals surface area (Å²) >= 11 is 2.68. The zero-order valence-electron chi connectivity index (χ0n) is 18.3.